The van der Waals surface area contributed by atoms with E-state index < -0.39 is 0 Å². The monoisotopic (exact) mass is 264 g/mol. The molecule has 2 aromatic rings. The van der Waals surface area contributed by atoms with Gasteiger partial charge in [0.2, 0.25) is 11.7 Å². The van der Waals surface area contributed by atoms with E-state index in [0.717, 1.165) is 43.4 Å². The highest BCUT2D eigenvalue weighted by molar-refractivity contribution is 7.07. The number of aryl methyl sites for hydroxylation is 1. The lowest BCUT2D eigenvalue weighted by molar-refractivity contribution is 0.327. The maximum atomic E-state index is 5.26. The van der Waals surface area contributed by atoms with Gasteiger partial charge in [-0.3, -0.25) is 0 Å². The Labute approximate surface area is 110 Å². The van der Waals surface area contributed by atoms with Crippen LogP contribution in [0.4, 0.5) is 0 Å². The van der Waals surface area contributed by atoms with Crippen molar-refractivity contribution in [2.24, 2.45) is 5.92 Å². The highest BCUT2D eigenvalue weighted by Crippen LogP contribution is 2.19. The topological polar surface area (TPSA) is 63.8 Å². The van der Waals surface area contributed by atoms with Crippen molar-refractivity contribution >= 4 is 11.3 Å². The van der Waals surface area contributed by atoms with Gasteiger partial charge >= 0.3 is 0 Å². The van der Waals surface area contributed by atoms with Crippen molar-refractivity contribution in [3.8, 4) is 11.5 Å². The standard InChI is InChI=1S/C12H16N4OS/c1-2-9(6-13-5-1)3-4-11-15-12(16-17-11)10-7-18-8-14-10/h7-9,13H,1-6H2. The first-order valence-electron chi connectivity index (χ1n) is 6.33. The van der Waals surface area contributed by atoms with Crippen LogP contribution >= 0.6 is 11.3 Å². The molecular formula is C12H16N4OS. The fourth-order valence-electron chi connectivity index (χ4n) is 2.28. The van der Waals surface area contributed by atoms with Crippen LogP contribution < -0.4 is 5.32 Å². The van der Waals surface area contributed by atoms with Gasteiger partial charge < -0.3 is 9.84 Å². The Morgan fingerprint density at radius 3 is 3.28 bits per heavy atom. The summed E-state index contributed by atoms with van der Waals surface area (Å²) in [5.41, 5.74) is 2.58. The Bertz CT molecular complexity index is 476. The lowest BCUT2D eigenvalue weighted by Gasteiger charge is -2.21. The Morgan fingerprint density at radius 2 is 2.50 bits per heavy atom. The molecular weight excluding hydrogens is 248 g/mol. The molecule has 1 aliphatic rings. The number of thiazole rings is 1. The molecule has 1 unspecified atom stereocenters. The summed E-state index contributed by atoms with van der Waals surface area (Å²) in [4.78, 5) is 8.56. The molecule has 1 fully saturated rings. The van der Waals surface area contributed by atoms with Crippen LogP contribution in [-0.2, 0) is 6.42 Å². The van der Waals surface area contributed by atoms with Crippen molar-refractivity contribution in [1.82, 2.24) is 20.4 Å². The molecule has 0 aromatic carbocycles. The van der Waals surface area contributed by atoms with Crippen molar-refractivity contribution in [1.29, 1.82) is 0 Å². The summed E-state index contributed by atoms with van der Waals surface area (Å²) in [6, 6.07) is 0. The Hall–Kier alpha value is -1.27. The Morgan fingerprint density at radius 1 is 1.50 bits per heavy atom. The van der Waals surface area contributed by atoms with Crippen LogP contribution in [0.15, 0.2) is 15.4 Å². The number of rotatable bonds is 4. The maximum Gasteiger partial charge on any atom is 0.227 e. The SMILES string of the molecule is c1nc(-c2noc(CCC3CCCNC3)n2)cs1. The average molecular weight is 264 g/mol. The predicted octanol–water partition coefficient (Wildman–Crippen LogP) is 2.13. The van der Waals surface area contributed by atoms with E-state index in [2.05, 4.69) is 20.4 Å². The van der Waals surface area contributed by atoms with Gasteiger partial charge in [-0.1, -0.05) is 5.16 Å². The lowest BCUT2D eigenvalue weighted by atomic mass is 9.95. The molecule has 1 atom stereocenters. The van der Waals surface area contributed by atoms with Gasteiger partial charge in [0, 0.05) is 11.8 Å². The third kappa shape index (κ3) is 2.76. The van der Waals surface area contributed by atoms with Crippen molar-refractivity contribution in [2.75, 3.05) is 13.1 Å². The van der Waals surface area contributed by atoms with Crippen molar-refractivity contribution in [3.05, 3.63) is 16.8 Å². The van der Waals surface area contributed by atoms with Crippen LogP contribution in [0.25, 0.3) is 11.5 Å². The molecule has 0 aliphatic carbocycles. The molecule has 5 nitrogen and oxygen atoms in total. The van der Waals surface area contributed by atoms with Gasteiger partial charge in [0.15, 0.2) is 0 Å². The van der Waals surface area contributed by atoms with Gasteiger partial charge in [-0.15, -0.1) is 11.3 Å². The van der Waals surface area contributed by atoms with E-state index in [-0.39, 0.29) is 0 Å². The zero-order valence-corrected chi connectivity index (χ0v) is 10.9. The van der Waals surface area contributed by atoms with Crippen LogP contribution in [-0.4, -0.2) is 28.2 Å². The van der Waals surface area contributed by atoms with Crippen molar-refractivity contribution < 1.29 is 4.52 Å². The molecule has 3 heterocycles. The molecule has 2 aromatic heterocycles. The minimum atomic E-state index is 0.605. The van der Waals surface area contributed by atoms with Crippen LogP contribution in [0.1, 0.15) is 25.2 Å². The van der Waals surface area contributed by atoms with Crippen molar-refractivity contribution in [2.45, 2.75) is 25.7 Å². The minimum Gasteiger partial charge on any atom is -0.339 e. The summed E-state index contributed by atoms with van der Waals surface area (Å²) in [7, 11) is 0. The number of nitrogens with zero attached hydrogens (tertiary/aromatic N) is 3. The first-order valence-corrected chi connectivity index (χ1v) is 7.28. The van der Waals surface area contributed by atoms with E-state index >= 15 is 0 Å². The number of hydrogen-bond acceptors (Lipinski definition) is 6. The summed E-state index contributed by atoms with van der Waals surface area (Å²) in [6.07, 6.45) is 4.56. The molecule has 1 aliphatic heterocycles. The van der Waals surface area contributed by atoms with Crippen LogP contribution in [0, 0.1) is 5.92 Å². The lowest BCUT2D eigenvalue weighted by Crippen LogP contribution is -2.29. The number of nitrogens with one attached hydrogen (secondary N) is 1. The summed E-state index contributed by atoms with van der Waals surface area (Å²) >= 11 is 1.54. The summed E-state index contributed by atoms with van der Waals surface area (Å²) in [5.74, 6) is 2.07. The largest absolute Gasteiger partial charge is 0.339 e. The molecule has 0 radical (unpaired) electrons. The molecule has 3 rings (SSSR count). The van der Waals surface area contributed by atoms with Gasteiger partial charge in [-0.25, -0.2) is 4.98 Å². The quantitative estimate of drug-likeness (QED) is 0.916. The van der Waals surface area contributed by atoms with Crippen LogP contribution in [0.5, 0.6) is 0 Å². The van der Waals surface area contributed by atoms with E-state index in [0.29, 0.717) is 5.82 Å². The van der Waals surface area contributed by atoms with Gasteiger partial charge in [0.1, 0.15) is 5.69 Å². The zero-order chi connectivity index (χ0) is 12.2. The summed E-state index contributed by atoms with van der Waals surface area (Å²) < 4.78 is 5.26. The maximum absolute atomic E-state index is 5.26. The fourth-order valence-corrected chi connectivity index (χ4v) is 2.81. The Kier molecular flexibility index (Phi) is 3.66. The molecule has 0 amide bonds. The molecule has 18 heavy (non-hydrogen) atoms. The first-order chi connectivity index (χ1) is 8.92. The van der Waals surface area contributed by atoms with Crippen molar-refractivity contribution in [3.63, 3.8) is 0 Å². The van der Waals surface area contributed by atoms with Gasteiger partial charge in [-0.05, 0) is 38.3 Å². The second-order valence-electron chi connectivity index (χ2n) is 4.64. The average Bonchev–Trinajstić information content (AvgIpc) is 3.08. The number of piperidine rings is 1. The van der Waals surface area contributed by atoms with E-state index in [9.17, 15) is 0 Å². The van der Waals surface area contributed by atoms with Crippen LogP contribution in [0.3, 0.4) is 0 Å². The van der Waals surface area contributed by atoms with Crippen LogP contribution in [0.2, 0.25) is 0 Å². The highest BCUT2D eigenvalue weighted by atomic mass is 32.1. The van der Waals surface area contributed by atoms with E-state index in [4.69, 9.17) is 4.52 Å². The van der Waals surface area contributed by atoms with Gasteiger partial charge in [-0.2, -0.15) is 4.98 Å². The molecule has 96 valence electrons. The third-order valence-electron chi connectivity index (χ3n) is 3.29. The van der Waals surface area contributed by atoms with E-state index in [1.54, 1.807) is 5.51 Å². The van der Waals surface area contributed by atoms with Gasteiger partial charge in [0.05, 0.1) is 5.51 Å². The van der Waals surface area contributed by atoms with E-state index in [1.807, 2.05) is 5.38 Å². The smallest absolute Gasteiger partial charge is 0.227 e. The fraction of sp³-hybridized carbons (Fsp3) is 0.583. The molecule has 0 saturated carbocycles. The number of aromatic nitrogens is 3. The Balaban J connectivity index is 1.57. The number of hydrogen-bond donors (Lipinski definition) is 1. The predicted molar refractivity (Wildman–Crippen MR) is 69.3 cm³/mol. The molecule has 1 N–H and O–H groups in total. The minimum absolute atomic E-state index is 0.605. The second-order valence-corrected chi connectivity index (χ2v) is 5.36. The highest BCUT2D eigenvalue weighted by Gasteiger charge is 2.15. The first kappa shape index (κ1) is 11.8. The molecule has 6 heteroatoms. The molecule has 1 saturated heterocycles. The molecule has 0 spiro atoms. The zero-order valence-electron chi connectivity index (χ0n) is 10.1. The summed E-state index contributed by atoms with van der Waals surface area (Å²) in [6.45, 7) is 2.28. The van der Waals surface area contributed by atoms with E-state index in [1.165, 1.54) is 24.2 Å². The molecule has 0 bridgehead atoms. The third-order valence-corrected chi connectivity index (χ3v) is 3.88. The normalized spacial score (nSPS) is 20.1. The summed E-state index contributed by atoms with van der Waals surface area (Å²) in [5, 5.41) is 9.32. The second kappa shape index (κ2) is 5.58. The van der Waals surface area contributed by atoms with Gasteiger partial charge in [0.25, 0.3) is 0 Å².